The molecule has 16 heavy (non-hydrogen) atoms. The van der Waals surface area contributed by atoms with Gasteiger partial charge in [-0.05, 0) is 22.2 Å². The molecule has 78 valence electrons. The largest absolute Gasteiger partial charge is 0.492 e. The van der Waals surface area contributed by atoms with Crippen molar-refractivity contribution in [2.24, 2.45) is 0 Å². The van der Waals surface area contributed by atoms with E-state index in [4.69, 9.17) is 4.65 Å². The SMILES string of the molecule is OB1OCc2cccc(-c3ccccc3)c21. The van der Waals surface area contributed by atoms with E-state index in [1.54, 1.807) is 0 Å². The molecule has 0 saturated carbocycles. The zero-order chi connectivity index (χ0) is 11.0. The smallest absolute Gasteiger partial charge is 0.423 e. The average molecular weight is 210 g/mol. The summed E-state index contributed by atoms with van der Waals surface area (Å²) in [6.45, 7) is 0.497. The highest BCUT2D eigenvalue weighted by atomic mass is 16.5. The van der Waals surface area contributed by atoms with Crippen LogP contribution in [0.4, 0.5) is 0 Å². The second kappa shape index (κ2) is 3.78. The first-order valence-corrected chi connectivity index (χ1v) is 5.33. The van der Waals surface area contributed by atoms with Gasteiger partial charge in [-0.1, -0.05) is 48.5 Å². The number of benzene rings is 2. The molecular formula is C13H11BO2. The molecule has 3 heteroatoms. The monoisotopic (exact) mass is 210 g/mol. The fraction of sp³-hybridized carbons (Fsp3) is 0.0769. The van der Waals surface area contributed by atoms with Crippen LogP contribution in [0.15, 0.2) is 48.5 Å². The average Bonchev–Trinajstić information content (AvgIpc) is 2.73. The van der Waals surface area contributed by atoms with Crippen LogP contribution in [0, 0.1) is 0 Å². The predicted molar refractivity (Wildman–Crippen MR) is 64.3 cm³/mol. The quantitative estimate of drug-likeness (QED) is 0.724. The molecule has 2 nitrogen and oxygen atoms in total. The van der Waals surface area contributed by atoms with Crippen molar-refractivity contribution in [1.82, 2.24) is 0 Å². The van der Waals surface area contributed by atoms with E-state index in [2.05, 4.69) is 0 Å². The van der Waals surface area contributed by atoms with Crippen molar-refractivity contribution in [3.63, 3.8) is 0 Å². The maximum Gasteiger partial charge on any atom is 0.492 e. The number of fused-ring (bicyclic) bond motifs is 1. The third-order valence-electron chi connectivity index (χ3n) is 2.92. The summed E-state index contributed by atoms with van der Waals surface area (Å²) >= 11 is 0. The molecule has 0 spiro atoms. The van der Waals surface area contributed by atoms with Gasteiger partial charge in [0.2, 0.25) is 0 Å². The first-order valence-electron chi connectivity index (χ1n) is 5.33. The molecule has 0 bridgehead atoms. The lowest BCUT2D eigenvalue weighted by Crippen LogP contribution is -2.29. The fourth-order valence-electron chi connectivity index (χ4n) is 2.15. The van der Waals surface area contributed by atoms with Gasteiger partial charge in [-0.25, -0.2) is 0 Å². The predicted octanol–water partition coefficient (Wildman–Crippen LogP) is 1.57. The van der Waals surface area contributed by atoms with Crippen LogP contribution in [0.1, 0.15) is 5.56 Å². The molecule has 1 aliphatic heterocycles. The van der Waals surface area contributed by atoms with E-state index in [0.29, 0.717) is 6.61 Å². The summed E-state index contributed by atoms with van der Waals surface area (Å²) in [6.07, 6.45) is 0. The Balaban J connectivity index is 2.20. The molecule has 0 saturated heterocycles. The molecule has 2 aromatic carbocycles. The van der Waals surface area contributed by atoms with E-state index in [0.717, 1.165) is 22.2 Å². The molecule has 1 N–H and O–H groups in total. The molecule has 2 aromatic rings. The third kappa shape index (κ3) is 1.45. The minimum Gasteiger partial charge on any atom is -0.423 e. The lowest BCUT2D eigenvalue weighted by molar-refractivity contribution is 0.275. The van der Waals surface area contributed by atoms with E-state index < -0.39 is 7.12 Å². The van der Waals surface area contributed by atoms with Crippen molar-refractivity contribution in [1.29, 1.82) is 0 Å². The van der Waals surface area contributed by atoms with E-state index >= 15 is 0 Å². The number of rotatable bonds is 1. The zero-order valence-electron chi connectivity index (χ0n) is 8.76. The van der Waals surface area contributed by atoms with Gasteiger partial charge in [-0.3, -0.25) is 0 Å². The standard InChI is InChI=1S/C13H11BO2/c15-14-13-11(9-16-14)7-4-8-12(13)10-5-2-1-3-6-10/h1-8,15H,9H2. The normalized spacial score (nSPS) is 13.9. The third-order valence-corrected chi connectivity index (χ3v) is 2.92. The summed E-state index contributed by atoms with van der Waals surface area (Å²) in [4.78, 5) is 0. The number of hydrogen-bond donors (Lipinski definition) is 1. The van der Waals surface area contributed by atoms with Crippen LogP contribution in [-0.4, -0.2) is 12.1 Å². The van der Waals surface area contributed by atoms with Gasteiger partial charge in [-0.15, -0.1) is 0 Å². The van der Waals surface area contributed by atoms with E-state index in [1.165, 1.54) is 0 Å². The minimum absolute atomic E-state index is 0.497. The Morgan fingerprint density at radius 1 is 1.00 bits per heavy atom. The lowest BCUT2D eigenvalue weighted by atomic mass is 9.74. The van der Waals surface area contributed by atoms with Gasteiger partial charge in [0.25, 0.3) is 0 Å². The van der Waals surface area contributed by atoms with Gasteiger partial charge in [-0.2, -0.15) is 0 Å². The maximum atomic E-state index is 9.80. The first kappa shape index (κ1) is 9.64. The molecule has 0 radical (unpaired) electrons. The van der Waals surface area contributed by atoms with Gasteiger partial charge >= 0.3 is 7.12 Å². The van der Waals surface area contributed by atoms with Crippen molar-refractivity contribution in [3.8, 4) is 11.1 Å². The van der Waals surface area contributed by atoms with E-state index in [-0.39, 0.29) is 0 Å². The second-order valence-corrected chi connectivity index (χ2v) is 3.91. The lowest BCUT2D eigenvalue weighted by Gasteiger charge is -2.08. The molecular weight excluding hydrogens is 199 g/mol. The second-order valence-electron chi connectivity index (χ2n) is 3.91. The topological polar surface area (TPSA) is 29.5 Å². The molecule has 1 heterocycles. The van der Waals surface area contributed by atoms with Gasteiger partial charge < -0.3 is 9.68 Å². The zero-order valence-corrected chi connectivity index (χ0v) is 8.76. The summed E-state index contributed by atoms with van der Waals surface area (Å²) in [5.74, 6) is 0. The summed E-state index contributed by atoms with van der Waals surface area (Å²) in [5, 5.41) is 9.80. The molecule has 0 amide bonds. The molecule has 0 aromatic heterocycles. The molecule has 0 fully saturated rings. The molecule has 0 aliphatic carbocycles. The summed E-state index contributed by atoms with van der Waals surface area (Å²) in [6, 6.07) is 16.1. The van der Waals surface area contributed by atoms with Crippen LogP contribution in [0.5, 0.6) is 0 Å². The van der Waals surface area contributed by atoms with Crippen molar-refractivity contribution >= 4 is 12.6 Å². The van der Waals surface area contributed by atoms with Gasteiger partial charge in [0.05, 0.1) is 6.61 Å². The van der Waals surface area contributed by atoms with Crippen LogP contribution in [0.25, 0.3) is 11.1 Å². The fourth-order valence-corrected chi connectivity index (χ4v) is 2.15. The maximum absolute atomic E-state index is 9.80. The van der Waals surface area contributed by atoms with Crippen molar-refractivity contribution < 1.29 is 9.68 Å². The Labute approximate surface area is 94.6 Å². The summed E-state index contributed by atoms with van der Waals surface area (Å²) in [5.41, 5.74) is 4.16. The molecule has 0 unspecified atom stereocenters. The molecule has 0 atom stereocenters. The van der Waals surface area contributed by atoms with E-state index in [9.17, 15) is 5.02 Å². The van der Waals surface area contributed by atoms with Crippen LogP contribution in [-0.2, 0) is 11.3 Å². The first-order chi connectivity index (χ1) is 7.86. The Morgan fingerprint density at radius 3 is 2.62 bits per heavy atom. The van der Waals surface area contributed by atoms with Crippen LogP contribution in [0.3, 0.4) is 0 Å². The van der Waals surface area contributed by atoms with Gasteiger partial charge in [0.1, 0.15) is 0 Å². The van der Waals surface area contributed by atoms with E-state index in [1.807, 2.05) is 48.5 Å². The molecule has 3 rings (SSSR count). The Bertz CT molecular complexity index is 511. The Hall–Kier alpha value is -1.58. The molecule has 1 aliphatic rings. The van der Waals surface area contributed by atoms with Crippen LogP contribution >= 0.6 is 0 Å². The van der Waals surface area contributed by atoms with Crippen molar-refractivity contribution in [2.45, 2.75) is 6.61 Å². The Kier molecular flexibility index (Phi) is 2.27. The number of hydrogen-bond acceptors (Lipinski definition) is 2. The van der Waals surface area contributed by atoms with Gasteiger partial charge in [0, 0.05) is 0 Å². The highest BCUT2D eigenvalue weighted by Crippen LogP contribution is 2.22. The summed E-state index contributed by atoms with van der Waals surface area (Å²) < 4.78 is 5.24. The highest BCUT2D eigenvalue weighted by Gasteiger charge is 2.29. The highest BCUT2D eigenvalue weighted by molar-refractivity contribution is 6.63. The van der Waals surface area contributed by atoms with Crippen LogP contribution in [0.2, 0.25) is 0 Å². The van der Waals surface area contributed by atoms with Crippen molar-refractivity contribution in [2.75, 3.05) is 0 Å². The Morgan fingerprint density at radius 2 is 1.81 bits per heavy atom. The van der Waals surface area contributed by atoms with Gasteiger partial charge in [0.15, 0.2) is 0 Å². The van der Waals surface area contributed by atoms with Crippen LogP contribution < -0.4 is 5.46 Å². The minimum atomic E-state index is -0.786. The summed E-state index contributed by atoms with van der Waals surface area (Å²) in [7, 11) is -0.786. The van der Waals surface area contributed by atoms with Crippen molar-refractivity contribution in [3.05, 3.63) is 54.1 Å².